The summed E-state index contributed by atoms with van der Waals surface area (Å²) >= 11 is 6.75. The van der Waals surface area contributed by atoms with Gasteiger partial charge in [-0.2, -0.15) is 0 Å². The molecule has 0 aliphatic heterocycles. The molecular formula is C24H27Br2NO6. The predicted octanol–water partition coefficient (Wildman–Crippen LogP) is 5.76. The summed E-state index contributed by atoms with van der Waals surface area (Å²) in [6.45, 7) is 6.03. The van der Waals surface area contributed by atoms with E-state index in [0.717, 1.165) is 11.1 Å². The molecule has 0 N–H and O–H groups in total. The standard InChI is InChI=1S/C24H27Br2NO6/c1-24(2,3)33-23(30)27(14-16-7-9-19(25)18(12-16)22(29)32-5)11-10-15-6-8-17(20(26)13-15)21(28)31-4/h6-9,12-13H,10-11,14H2,1-5H3. The number of hydrogen-bond acceptors (Lipinski definition) is 6. The monoisotopic (exact) mass is 583 g/mol. The quantitative estimate of drug-likeness (QED) is 0.304. The maximum absolute atomic E-state index is 12.9. The van der Waals surface area contributed by atoms with E-state index < -0.39 is 23.6 Å². The number of nitrogens with zero attached hydrogens (tertiary/aromatic N) is 1. The van der Waals surface area contributed by atoms with Crippen LogP contribution in [0.2, 0.25) is 0 Å². The molecule has 2 rings (SSSR count). The van der Waals surface area contributed by atoms with Gasteiger partial charge in [0.1, 0.15) is 5.60 Å². The first-order valence-electron chi connectivity index (χ1n) is 10.2. The molecule has 2 aromatic carbocycles. The van der Waals surface area contributed by atoms with Crippen LogP contribution < -0.4 is 0 Å². The lowest BCUT2D eigenvalue weighted by atomic mass is 10.1. The number of rotatable bonds is 7. The summed E-state index contributed by atoms with van der Waals surface area (Å²) < 4.78 is 16.4. The maximum atomic E-state index is 12.9. The van der Waals surface area contributed by atoms with Crippen molar-refractivity contribution in [2.24, 2.45) is 0 Å². The molecule has 0 atom stereocenters. The highest BCUT2D eigenvalue weighted by atomic mass is 79.9. The van der Waals surface area contributed by atoms with Gasteiger partial charge in [-0.05, 0) is 94.4 Å². The summed E-state index contributed by atoms with van der Waals surface area (Å²) in [4.78, 5) is 38.3. The number of amides is 1. The first-order chi connectivity index (χ1) is 15.4. The fraction of sp³-hybridized carbons (Fsp3) is 0.375. The van der Waals surface area contributed by atoms with Gasteiger partial charge in [-0.1, -0.05) is 12.1 Å². The number of ether oxygens (including phenoxy) is 3. The van der Waals surface area contributed by atoms with Crippen LogP contribution in [0.5, 0.6) is 0 Å². The number of carbonyl (C=O) groups is 3. The van der Waals surface area contributed by atoms with Crippen molar-refractivity contribution in [1.82, 2.24) is 4.90 Å². The minimum absolute atomic E-state index is 0.244. The summed E-state index contributed by atoms with van der Waals surface area (Å²) in [6, 6.07) is 10.6. The Morgan fingerprint density at radius 1 is 0.848 bits per heavy atom. The van der Waals surface area contributed by atoms with E-state index in [0.29, 0.717) is 33.0 Å². The number of benzene rings is 2. The molecule has 33 heavy (non-hydrogen) atoms. The van der Waals surface area contributed by atoms with Crippen molar-refractivity contribution in [2.75, 3.05) is 20.8 Å². The summed E-state index contributed by atoms with van der Waals surface area (Å²) in [7, 11) is 2.65. The fourth-order valence-corrected chi connectivity index (χ4v) is 3.97. The van der Waals surface area contributed by atoms with Crippen LogP contribution in [0.3, 0.4) is 0 Å². The molecule has 0 fully saturated rings. The minimum Gasteiger partial charge on any atom is -0.465 e. The van der Waals surface area contributed by atoms with E-state index in [2.05, 4.69) is 31.9 Å². The van der Waals surface area contributed by atoms with Crippen molar-refractivity contribution in [2.45, 2.75) is 39.3 Å². The number of halogens is 2. The van der Waals surface area contributed by atoms with Crippen molar-refractivity contribution in [1.29, 1.82) is 0 Å². The Morgan fingerprint density at radius 2 is 1.45 bits per heavy atom. The van der Waals surface area contributed by atoms with E-state index in [1.165, 1.54) is 14.2 Å². The number of carbonyl (C=O) groups excluding carboxylic acids is 3. The van der Waals surface area contributed by atoms with Gasteiger partial charge in [-0.15, -0.1) is 0 Å². The van der Waals surface area contributed by atoms with Crippen molar-refractivity contribution < 1.29 is 28.6 Å². The lowest BCUT2D eigenvalue weighted by Crippen LogP contribution is -2.37. The lowest BCUT2D eigenvalue weighted by molar-refractivity contribution is 0.0235. The van der Waals surface area contributed by atoms with Gasteiger partial charge in [0.05, 0.1) is 25.3 Å². The minimum atomic E-state index is -0.655. The predicted molar refractivity (Wildman–Crippen MR) is 131 cm³/mol. The molecule has 0 aliphatic rings. The number of methoxy groups -OCH3 is 2. The highest BCUT2D eigenvalue weighted by Gasteiger charge is 2.23. The van der Waals surface area contributed by atoms with Crippen molar-refractivity contribution in [3.63, 3.8) is 0 Å². The van der Waals surface area contributed by atoms with Gasteiger partial charge in [-0.3, -0.25) is 0 Å². The molecule has 0 heterocycles. The van der Waals surface area contributed by atoms with E-state index in [4.69, 9.17) is 14.2 Å². The van der Waals surface area contributed by atoms with Gasteiger partial charge in [0, 0.05) is 22.0 Å². The third-order valence-corrected chi connectivity index (χ3v) is 5.92. The molecule has 178 valence electrons. The molecule has 0 unspecified atom stereocenters. The molecule has 0 aromatic heterocycles. The van der Waals surface area contributed by atoms with Gasteiger partial charge < -0.3 is 19.1 Å². The molecule has 0 saturated carbocycles. The molecular weight excluding hydrogens is 558 g/mol. The third-order valence-electron chi connectivity index (χ3n) is 4.57. The Hall–Kier alpha value is -2.39. The van der Waals surface area contributed by atoms with Crippen LogP contribution in [-0.4, -0.2) is 49.3 Å². The summed E-state index contributed by atoms with van der Waals surface area (Å²) in [5.74, 6) is -0.899. The fourth-order valence-electron chi connectivity index (χ4n) is 2.97. The van der Waals surface area contributed by atoms with Gasteiger partial charge >= 0.3 is 18.0 Å². The molecule has 9 heteroatoms. The van der Waals surface area contributed by atoms with E-state index in [-0.39, 0.29) is 6.54 Å². The maximum Gasteiger partial charge on any atom is 0.410 e. The first-order valence-corrected chi connectivity index (χ1v) is 11.7. The van der Waals surface area contributed by atoms with Crippen LogP contribution >= 0.6 is 31.9 Å². The van der Waals surface area contributed by atoms with E-state index in [1.807, 2.05) is 18.2 Å². The van der Waals surface area contributed by atoms with Crippen LogP contribution in [0.25, 0.3) is 0 Å². The molecule has 0 spiro atoms. The molecule has 0 aliphatic carbocycles. The zero-order valence-electron chi connectivity index (χ0n) is 19.2. The van der Waals surface area contributed by atoms with Gasteiger partial charge in [0.25, 0.3) is 0 Å². The van der Waals surface area contributed by atoms with Crippen LogP contribution in [-0.2, 0) is 27.2 Å². The third kappa shape index (κ3) is 7.85. The van der Waals surface area contributed by atoms with Gasteiger partial charge in [-0.25, -0.2) is 14.4 Å². The molecule has 1 amide bonds. The Kier molecular flexibility index (Phi) is 9.48. The topological polar surface area (TPSA) is 82.1 Å². The second-order valence-corrected chi connectivity index (χ2v) is 9.97. The van der Waals surface area contributed by atoms with Gasteiger partial charge in [0.2, 0.25) is 0 Å². The molecule has 7 nitrogen and oxygen atoms in total. The normalized spacial score (nSPS) is 11.0. The highest BCUT2D eigenvalue weighted by Crippen LogP contribution is 2.23. The molecule has 0 radical (unpaired) electrons. The van der Waals surface area contributed by atoms with Crippen LogP contribution in [0.15, 0.2) is 45.3 Å². The molecule has 0 bridgehead atoms. The van der Waals surface area contributed by atoms with Gasteiger partial charge in [0.15, 0.2) is 0 Å². The average molecular weight is 585 g/mol. The summed E-state index contributed by atoms with van der Waals surface area (Å²) in [5.41, 5.74) is 1.83. The SMILES string of the molecule is COC(=O)c1ccc(CCN(Cc2ccc(Br)c(C(=O)OC)c2)C(=O)OC(C)(C)C)cc1Br. The number of esters is 2. The van der Waals surface area contributed by atoms with Crippen LogP contribution in [0.1, 0.15) is 52.6 Å². The van der Waals surface area contributed by atoms with Crippen molar-refractivity contribution >= 4 is 49.9 Å². The zero-order valence-corrected chi connectivity index (χ0v) is 22.4. The summed E-state index contributed by atoms with van der Waals surface area (Å²) in [6.07, 6.45) is 0.0648. The first kappa shape index (κ1) is 26.9. The highest BCUT2D eigenvalue weighted by molar-refractivity contribution is 9.10. The van der Waals surface area contributed by atoms with Crippen LogP contribution in [0.4, 0.5) is 4.79 Å². The Morgan fingerprint density at radius 3 is 2.03 bits per heavy atom. The summed E-state index contributed by atoms with van der Waals surface area (Å²) in [5, 5.41) is 0. The number of hydrogen-bond donors (Lipinski definition) is 0. The second kappa shape index (κ2) is 11.7. The van der Waals surface area contributed by atoms with E-state index in [9.17, 15) is 14.4 Å². The Labute approximate surface area is 210 Å². The Balaban J connectivity index is 2.25. The smallest absolute Gasteiger partial charge is 0.410 e. The van der Waals surface area contributed by atoms with E-state index >= 15 is 0 Å². The Bertz CT molecular complexity index is 1030. The largest absolute Gasteiger partial charge is 0.465 e. The van der Waals surface area contributed by atoms with E-state index in [1.54, 1.807) is 43.9 Å². The second-order valence-electron chi connectivity index (χ2n) is 8.26. The molecule has 0 saturated heterocycles. The van der Waals surface area contributed by atoms with Crippen molar-refractivity contribution in [3.8, 4) is 0 Å². The lowest BCUT2D eigenvalue weighted by Gasteiger charge is -2.28. The zero-order chi connectivity index (χ0) is 24.8. The van der Waals surface area contributed by atoms with Crippen LogP contribution in [0, 0.1) is 0 Å². The van der Waals surface area contributed by atoms with Crippen molar-refractivity contribution in [3.05, 3.63) is 67.6 Å². The molecule has 2 aromatic rings. The average Bonchev–Trinajstić information content (AvgIpc) is 2.75.